The second-order valence-electron chi connectivity index (χ2n) is 4.76. The molecule has 1 saturated heterocycles. The van der Waals surface area contributed by atoms with Crippen molar-refractivity contribution in [2.45, 2.75) is 37.8 Å². The van der Waals surface area contributed by atoms with Crippen LogP contribution in [0.15, 0.2) is 0 Å². The Morgan fingerprint density at radius 1 is 1.50 bits per heavy atom. The van der Waals surface area contributed by atoms with E-state index in [0.717, 1.165) is 32.1 Å². The van der Waals surface area contributed by atoms with Gasteiger partial charge >= 0.3 is 0 Å². The number of carbonyl (C=O) groups excluding carboxylic acids is 1. The molecule has 6 nitrogen and oxygen atoms in total. The Balaban J connectivity index is 2.22. The van der Waals surface area contributed by atoms with E-state index in [-0.39, 0.29) is 24.2 Å². The molecule has 0 aliphatic carbocycles. The summed E-state index contributed by atoms with van der Waals surface area (Å²) in [5.74, 6) is -0.380. The van der Waals surface area contributed by atoms with Crippen molar-refractivity contribution in [2.75, 3.05) is 25.2 Å². The monoisotopic (exact) mass is 278 g/mol. The van der Waals surface area contributed by atoms with Gasteiger partial charge in [-0.2, -0.15) is 0 Å². The highest BCUT2D eigenvalue weighted by atomic mass is 32.2. The maximum absolute atomic E-state index is 11.6. The number of nitrogens with two attached hydrogens (primary N) is 1. The second kappa shape index (κ2) is 7.06. The van der Waals surface area contributed by atoms with Gasteiger partial charge in [-0.15, -0.1) is 0 Å². The summed E-state index contributed by atoms with van der Waals surface area (Å²) in [5, 5.41) is 2.70. The van der Waals surface area contributed by atoms with Crippen LogP contribution >= 0.6 is 0 Å². The van der Waals surface area contributed by atoms with Crippen molar-refractivity contribution < 1.29 is 17.9 Å². The highest BCUT2D eigenvalue weighted by molar-refractivity contribution is 7.90. The van der Waals surface area contributed by atoms with Crippen LogP contribution in [0.4, 0.5) is 0 Å². The SMILES string of the molecule is CS(=O)(=O)CCC(N)C(=O)NCC1CCCCO1. The molecule has 2 unspecified atom stereocenters. The zero-order valence-electron chi connectivity index (χ0n) is 10.7. The molecule has 1 aliphatic rings. The van der Waals surface area contributed by atoms with Gasteiger partial charge in [0.05, 0.1) is 17.9 Å². The molecule has 0 aromatic heterocycles. The van der Waals surface area contributed by atoms with E-state index in [1.807, 2.05) is 0 Å². The number of carbonyl (C=O) groups is 1. The molecule has 3 N–H and O–H groups in total. The lowest BCUT2D eigenvalue weighted by atomic mass is 10.1. The quantitative estimate of drug-likeness (QED) is 0.678. The van der Waals surface area contributed by atoms with Crippen LogP contribution in [0.5, 0.6) is 0 Å². The minimum absolute atomic E-state index is 0.0600. The van der Waals surface area contributed by atoms with Gasteiger partial charge in [-0.05, 0) is 25.7 Å². The first kappa shape index (κ1) is 15.4. The lowest BCUT2D eigenvalue weighted by Crippen LogP contribution is -2.45. The predicted molar refractivity (Wildman–Crippen MR) is 68.9 cm³/mol. The Bertz CT molecular complexity index is 363. The predicted octanol–water partition coefficient (Wildman–Crippen LogP) is -0.566. The van der Waals surface area contributed by atoms with E-state index in [4.69, 9.17) is 10.5 Å². The molecule has 1 amide bonds. The number of hydrogen-bond donors (Lipinski definition) is 2. The molecule has 0 radical (unpaired) electrons. The topological polar surface area (TPSA) is 98.5 Å². The van der Waals surface area contributed by atoms with Gasteiger partial charge in [-0.25, -0.2) is 8.42 Å². The molecule has 7 heteroatoms. The molecule has 1 aliphatic heterocycles. The summed E-state index contributed by atoms with van der Waals surface area (Å²) in [7, 11) is -3.07. The molecule has 1 fully saturated rings. The molecule has 0 bridgehead atoms. The molecule has 1 rings (SSSR count). The highest BCUT2D eigenvalue weighted by Gasteiger charge is 2.19. The minimum atomic E-state index is -3.07. The lowest BCUT2D eigenvalue weighted by Gasteiger charge is -2.23. The van der Waals surface area contributed by atoms with Gasteiger partial charge in [0, 0.05) is 19.4 Å². The maximum Gasteiger partial charge on any atom is 0.237 e. The second-order valence-corrected chi connectivity index (χ2v) is 7.02. The van der Waals surface area contributed by atoms with Crippen LogP contribution in [0.3, 0.4) is 0 Å². The van der Waals surface area contributed by atoms with Crippen LogP contribution in [0.2, 0.25) is 0 Å². The zero-order chi connectivity index (χ0) is 13.6. The molecular formula is C11H22N2O4S. The molecule has 18 heavy (non-hydrogen) atoms. The number of nitrogens with one attached hydrogen (secondary N) is 1. The number of rotatable bonds is 6. The van der Waals surface area contributed by atoms with E-state index in [9.17, 15) is 13.2 Å². The zero-order valence-corrected chi connectivity index (χ0v) is 11.5. The van der Waals surface area contributed by atoms with Crippen molar-refractivity contribution >= 4 is 15.7 Å². The highest BCUT2D eigenvalue weighted by Crippen LogP contribution is 2.11. The Morgan fingerprint density at radius 2 is 2.22 bits per heavy atom. The van der Waals surface area contributed by atoms with Crippen molar-refractivity contribution in [3.8, 4) is 0 Å². The standard InChI is InChI=1S/C11H22N2O4S/c1-18(15,16)7-5-10(12)11(14)13-8-9-4-2-3-6-17-9/h9-10H,2-8,12H2,1H3,(H,13,14). The van der Waals surface area contributed by atoms with E-state index in [1.54, 1.807) is 0 Å². The Morgan fingerprint density at radius 3 is 2.78 bits per heavy atom. The van der Waals surface area contributed by atoms with Gasteiger partial charge in [0.2, 0.25) is 5.91 Å². The summed E-state index contributed by atoms with van der Waals surface area (Å²) in [6.07, 6.45) is 4.46. The molecule has 1 heterocycles. The molecule has 2 atom stereocenters. The largest absolute Gasteiger partial charge is 0.376 e. The van der Waals surface area contributed by atoms with Crippen molar-refractivity contribution in [3.05, 3.63) is 0 Å². The molecule has 106 valence electrons. The van der Waals surface area contributed by atoms with Crippen LogP contribution in [0.25, 0.3) is 0 Å². The number of ether oxygens (including phenoxy) is 1. The fourth-order valence-corrected chi connectivity index (χ4v) is 2.47. The van der Waals surface area contributed by atoms with Crippen molar-refractivity contribution in [3.63, 3.8) is 0 Å². The lowest BCUT2D eigenvalue weighted by molar-refractivity contribution is -0.123. The van der Waals surface area contributed by atoms with Crippen LogP contribution < -0.4 is 11.1 Å². The van der Waals surface area contributed by atoms with E-state index in [0.29, 0.717) is 6.54 Å². The van der Waals surface area contributed by atoms with E-state index in [2.05, 4.69) is 5.32 Å². The van der Waals surface area contributed by atoms with Crippen LogP contribution in [-0.4, -0.2) is 51.6 Å². The van der Waals surface area contributed by atoms with Crippen molar-refractivity contribution in [1.29, 1.82) is 0 Å². The molecule has 0 aromatic carbocycles. The van der Waals surface area contributed by atoms with Crippen LogP contribution in [0, 0.1) is 0 Å². The normalized spacial score (nSPS) is 22.4. The number of hydrogen-bond acceptors (Lipinski definition) is 5. The first-order valence-corrected chi connectivity index (χ1v) is 8.27. The number of sulfone groups is 1. The third-order valence-corrected chi connectivity index (χ3v) is 3.89. The van der Waals surface area contributed by atoms with Gasteiger partial charge in [-0.1, -0.05) is 0 Å². The van der Waals surface area contributed by atoms with Crippen molar-refractivity contribution in [2.24, 2.45) is 5.73 Å². The maximum atomic E-state index is 11.6. The van der Waals surface area contributed by atoms with E-state index in [1.165, 1.54) is 0 Å². The Hall–Kier alpha value is -0.660. The third-order valence-electron chi connectivity index (χ3n) is 2.91. The summed E-state index contributed by atoms with van der Waals surface area (Å²) >= 11 is 0. The van der Waals surface area contributed by atoms with Crippen LogP contribution in [-0.2, 0) is 19.4 Å². The number of amides is 1. The Labute approximate surface area is 108 Å². The van der Waals surface area contributed by atoms with Gasteiger partial charge in [0.1, 0.15) is 9.84 Å². The first-order chi connectivity index (χ1) is 8.38. The van der Waals surface area contributed by atoms with Crippen molar-refractivity contribution in [1.82, 2.24) is 5.32 Å². The van der Waals surface area contributed by atoms with Gasteiger partial charge < -0.3 is 15.8 Å². The molecule has 0 saturated carbocycles. The Kier molecular flexibility index (Phi) is 6.04. The van der Waals surface area contributed by atoms with Gasteiger partial charge in [-0.3, -0.25) is 4.79 Å². The van der Waals surface area contributed by atoms with E-state index >= 15 is 0 Å². The smallest absolute Gasteiger partial charge is 0.237 e. The molecule has 0 spiro atoms. The molecular weight excluding hydrogens is 256 g/mol. The van der Waals surface area contributed by atoms with Gasteiger partial charge in [0.25, 0.3) is 0 Å². The average molecular weight is 278 g/mol. The fourth-order valence-electron chi connectivity index (χ4n) is 1.79. The van der Waals surface area contributed by atoms with Gasteiger partial charge in [0.15, 0.2) is 0 Å². The summed E-state index contributed by atoms with van der Waals surface area (Å²) in [6.45, 7) is 1.19. The molecule has 0 aromatic rings. The summed E-state index contributed by atoms with van der Waals surface area (Å²) in [5.41, 5.74) is 5.62. The summed E-state index contributed by atoms with van der Waals surface area (Å²) in [6, 6.07) is -0.775. The minimum Gasteiger partial charge on any atom is -0.376 e. The van der Waals surface area contributed by atoms with Crippen LogP contribution in [0.1, 0.15) is 25.7 Å². The first-order valence-electron chi connectivity index (χ1n) is 6.21. The summed E-state index contributed by atoms with van der Waals surface area (Å²) in [4.78, 5) is 11.6. The third kappa shape index (κ3) is 6.32. The van der Waals surface area contributed by atoms with E-state index < -0.39 is 15.9 Å². The fraction of sp³-hybridized carbons (Fsp3) is 0.909. The average Bonchev–Trinajstić information content (AvgIpc) is 2.33. The summed E-state index contributed by atoms with van der Waals surface area (Å²) < 4.78 is 27.4.